The third-order valence-corrected chi connectivity index (χ3v) is 2.67. The van der Waals surface area contributed by atoms with Crippen LogP contribution in [0.3, 0.4) is 0 Å². The van der Waals surface area contributed by atoms with Crippen molar-refractivity contribution in [3.8, 4) is 0 Å². The molecule has 0 spiro atoms. The van der Waals surface area contributed by atoms with Gasteiger partial charge in [-0.1, -0.05) is 37.3 Å². The molecule has 0 amide bonds. The highest BCUT2D eigenvalue weighted by Gasteiger charge is 2.22. The lowest BCUT2D eigenvalue weighted by molar-refractivity contribution is 0.0912. The van der Waals surface area contributed by atoms with Crippen LogP contribution in [0.15, 0.2) is 41.6 Å². The lowest BCUT2D eigenvalue weighted by atomic mass is 10.1. The Labute approximate surface area is 96.7 Å². The van der Waals surface area contributed by atoms with E-state index in [-0.39, 0.29) is 6.17 Å². The van der Waals surface area contributed by atoms with Crippen LogP contribution in [-0.4, -0.2) is 29.4 Å². The van der Waals surface area contributed by atoms with Crippen molar-refractivity contribution in [3.63, 3.8) is 0 Å². The molecule has 3 heteroatoms. The van der Waals surface area contributed by atoms with Gasteiger partial charge in [-0.25, -0.2) is 0 Å². The molecule has 16 heavy (non-hydrogen) atoms. The van der Waals surface area contributed by atoms with Gasteiger partial charge in [0.05, 0.1) is 6.20 Å². The first-order valence-corrected chi connectivity index (χ1v) is 5.66. The summed E-state index contributed by atoms with van der Waals surface area (Å²) in [6, 6.07) is 10.4. The standard InChI is InChI=1S/C13H17N3/c1-3-10-16-13(15(2)11-9-14-16)12-7-5-4-6-8-12/h4-8,11,13H,3,10H2,1-2H3. The van der Waals surface area contributed by atoms with Crippen molar-refractivity contribution >= 4 is 5.87 Å². The Hall–Kier alpha value is -1.73. The first kappa shape index (κ1) is 10.8. The molecule has 0 radical (unpaired) electrons. The summed E-state index contributed by atoms with van der Waals surface area (Å²) in [6.45, 7) is 3.11. The van der Waals surface area contributed by atoms with Gasteiger partial charge in [0, 0.05) is 19.5 Å². The zero-order valence-corrected chi connectivity index (χ0v) is 9.80. The molecule has 0 saturated carbocycles. The summed E-state index contributed by atoms with van der Waals surface area (Å²) in [5.74, 6) is 2.92. The molecule has 1 atom stereocenters. The minimum Gasteiger partial charge on any atom is -0.348 e. The van der Waals surface area contributed by atoms with Crippen molar-refractivity contribution in [2.75, 3.05) is 13.6 Å². The average molecular weight is 215 g/mol. The van der Waals surface area contributed by atoms with Crippen LogP contribution in [0, 0.1) is 0 Å². The highest BCUT2D eigenvalue weighted by molar-refractivity contribution is 5.51. The monoisotopic (exact) mass is 215 g/mol. The summed E-state index contributed by atoms with van der Waals surface area (Å²) >= 11 is 0. The van der Waals surface area contributed by atoms with Gasteiger partial charge in [0.1, 0.15) is 6.17 Å². The fraction of sp³-hybridized carbons (Fsp3) is 0.385. The van der Waals surface area contributed by atoms with Gasteiger partial charge in [-0.3, -0.25) is 5.01 Å². The molecular formula is C13H17N3. The lowest BCUT2D eigenvalue weighted by Crippen LogP contribution is -2.36. The molecule has 0 N–H and O–H groups in total. The average Bonchev–Trinajstić information content (AvgIpc) is 2.31. The quantitative estimate of drug-likeness (QED) is 0.771. The molecule has 0 fully saturated rings. The topological polar surface area (TPSA) is 18.8 Å². The molecule has 0 aliphatic carbocycles. The van der Waals surface area contributed by atoms with Crippen molar-refractivity contribution in [2.45, 2.75) is 19.5 Å². The van der Waals surface area contributed by atoms with Crippen LogP contribution in [0.4, 0.5) is 0 Å². The van der Waals surface area contributed by atoms with Crippen molar-refractivity contribution in [2.24, 2.45) is 5.10 Å². The summed E-state index contributed by atoms with van der Waals surface area (Å²) < 4.78 is 0. The van der Waals surface area contributed by atoms with Gasteiger partial charge in [-0.15, -0.1) is 5.10 Å². The molecule has 84 valence electrons. The number of benzene rings is 1. The first-order chi connectivity index (χ1) is 7.83. The van der Waals surface area contributed by atoms with E-state index in [0.29, 0.717) is 0 Å². The molecule has 1 aliphatic rings. The molecule has 2 rings (SSSR count). The molecule has 1 aliphatic heterocycles. The van der Waals surface area contributed by atoms with Crippen molar-refractivity contribution in [1.82, 2.24) is 9.91 Å². The molecule has 1 aromatic rings. The molecule has 3 nitrogen and oxygen atoms in total. The highest BCUT2D eigenvalue weighted by atomic mass is 15.5. The SMILES string of the molecule is CCCN1N=C=CN(C)C1c1ccccc1. The number of nitrogens with zero attached hydrogens (tertiary/aromatic N) is 3. The van der Waals surface area contributed by atoms with E-state index in [0.717, 1.165) is 13.0 Å². The fourth-order valence-electron chi connectivity index (χ4n) is 1.96. The number of hydrogen-bond acceptors (Lipinski definition) is 3. The third-order valence-electron chi connectivity index (χ3n) is 2.67. The van der Waals surface area contributed by atoms with Crippen molar-refractivity contribution in [1.29, 1.82) is 0 Å². The largest absolute Gasteiger partial charge is 0.348 e. The van der Waals surface area contributed by atoms with Gasteiger partial charge in [-0.2, -0.15) is 0 Å². The van der Waals surface area contributed by atoms with E-state index in [1.165, 1.54) is 5.56 Å². The van der Waals surface area contributed by atoms with Crippen LogP contribution in [0.25, 0.3) is 0 Å². The van der Waals surface area contributed by atoms with Gasteiger partial charge < -0.3 is 4.90 Å². The summed E-state index contributed by atoms with van der Waals surface area (Å²) in [5, 5.41) is 6.39. The Bertz CT molecular complexity index is 393. The second kappa shape index (κ2) is 4.86. The van der Waals surface area contributed by atoms with E-state index in [9.17, 15) is 0 Å². The fourth-order valence-corrected chi connectivity index (χ4v) is 1.96. The Balaban J connectivity index is 2.27. The Morgan fingerprint density at radius 2 is 2.06 bits per heavy atom. The van der Waals surface area contributed by atoms with Gasteiger partial charge in [-0.05, 0) is 12.0 Å². The molecular weight excluding hydrogens is 198 g/mol. The van der Waals surface area contributed by atoms with Gasteiger partial charge in [0.2, 0.25) is 0 Å². The maximum atomic E-state index is 4.31. The van der Waals surface area contributed by atoms with E-state index in [4.69, 9.17) is 0 Å². The first-order valence-electron chi connectivity index (χ1n) is 5.66. The van der Waals surface area contributed by atoms with E-state index in [2.05, 4.69) is 59.1 Å². The Morgan fingerprint density at radius 1 is 1.31 bits per heavy atom. The van der Waals surface area contributed by atoms with E-state index in [1.54, 1.807) is 0 Å². The maximum Gasteiger partial charge on any atom is 0.145 e. The van der Waals surface area contributed by atoms with Crippen molar-refractivity contribution < 1.29 is 0 Å². The molecule has 0 aromatic heterocycles. The Morgan fingerprint density at radius 3 is 2.75 bits per heavy atom. The molecule has 1 heterocycles. The Kier molecular flexibility index (Phi) is 3.28. The normalized spacial score (nSPS) is 19.2. The van der Waals surface area contributed by atoms with Crippen LogP contribution >= 0.6 is 0 Å². The number of rotatable bonds is 3. The molecule has 1 aromatic carbocycles. The summed E-state index contributed by atoms with van der Waals surface area (Å²) in [5.41, 5.74) is 1.26. The molecule has 0 saturated heterocycles. The van der Waals surface area contributed by atoms with Gasteiger partial charge >= 0.3 is 0 Å². The summed E-state index contributed by atoms with van der Waals surface area (Å²) in [7, 11) is 2.06. The van der Waals surface area contributed by atoms with Gasteiger partial charge in [0.25, 0.3) is 0 Å². The number of hydrazone groups is 1. The van der Waals surface area contributed by atoms with Gasteiger partial charge in [0.15, 0.2) is 0 Å². The minimum absolute atomic E-state index is 0.197. The third kappa shape index (κ3) is 2.10. The predicted molar refractivity (Wildman–Crippen MR) is 65.9 cm³/mol. The summed E-state index contributed by atoms with van der Waals surface area (Å²) in [4.78, 5) is 2.14. The van der Waals surface area contributed by atoms with E-state index >= 15 is 0 Å². The van der Waals surface area contributed by atoms with E-state index in [1.807, 2.05) is 12.3 Å². The number of hydrogen-bond donors (Lipinski definition) is 0. The van der Waals surface area contributed by atoms with Crippen LogP contribution in [0.1, 0.15) is 25.1 Å². The lowest BCUT2D eigenvalue weighted by Gasteiger charge is -2.36. The second-order valence-corrected chi connectivity index (χ2v) is 3.97. The van der Waals surface area contributed by atoms with Crippen LogP contribution in [0.2, 0.25) is 0 Å². The zero-order chi connectivity index (χ0) is 11.4. The molecule has 1 unspecified atom stereocenters. The highest BCUT2D eigenvalue weighted by Crippen LogP contribution is 2.25. The maximum absolute atomic E-state index is 4.31. The molecule has 0 bridgehead atoms. The second-order valence-electron chi connectivity index (χ2n) is 3.97. The van der Waals surface area contributed by atoms with Crippen LogP contribution < -0.4 is 0 Å². The minimum atomic E-state index is 0.197. The summed E-state index contributed by atoms with van der Waals surface area (Å²) in [6.07, 6.45) is 3.18. The predicted octanol–water partition coefficient (Wildman–Crippen LogP) is 2.44. The van der Waals surface area contributed by atoms with Crippen molar-refractivity contribution in [3.05, 3.63) is 42.1 Å². The smallest absolute Gasteiger partial charge is 0.145 e. The van der Waals surface area contributed by atoms with E-state index < -0.39 is 0 Å². The van der Waals surface area contributed by atoms with Crippen LogP contribution in [0.5, 0.6) is 0 Å². The zero-order valence-electron chi connectivity index (χ0n) is 9.80. The van der Waals surface area contributed by atoms with Crippen LogP contribution in [-0.2, 0) is 0 Å².